The van der Waals surface area contributed by atoms with Crippen molar-refractivity contribution in [1.82, 2.24) is 4.90 Å². The maximum absolute atomic E-state index is 14.0. The summed E-state index contributed by atoms with van der Waals surface area (Å²) in [7, 11) is 1.97. The van der Waals surface area contributed by atoms with Crippen molar-refractivity contribution >= 4 is 11.6 Å². The van der Waals surface area contributed by atoms with Crippen LogP contribution in [0.3, 0.4) is 0 Å². The molecule has 1 aromatic rings. The Morgan fingerprint density at radius 1 is 1.37 bits per heavy atom. The molecule has 0 aliphatic heterocycles. The van der Waals surface area contributed by atoms with Crippen LogP contribution in [0.25, 0.3) is 0 Å². The monoisotopic (exact) mass is 286 g/mol. The minimum absolute atomic E-state index is 0.0832. The molecule has 19 heavy (non-hydrogen) atoms. The molecule has 2 unspecified atom stereocenters. The summed E-state index contributed by atoms with van der Waals surface area (Å²) in [5.74, 6) is -0.295. The minimum atomic E-state index is -0.295. The van der Waals surface area contributed by atoms with Crippen molar-refractivity contribution in [3.05, 3.63) is 34.6 Å². The van der Waals surface area contributed by atoms with Crippen molar-refractivity contribution in [3.63, 3.8) is 0 Å². The van der Waals surface area contributed by atoms with Crippen LogP contribution in [-0.4, -0.2) is 24.5 Å². The van der Waals surface area contributed by atoms with Gasteiger partial charge in [0.25, 0.3) is 0 Å². The summed E-state index contributed by atoms with van der Waals surface area (Å²) in [5.41, 5.74) is 6.43. The lowest BCUT2D eigenvalue weighted by atomic mass is 9.86. The Hall–Kier alpha value is -0.640. The van der Waals surface area contributed by atoms with E-state index in [0.29, 0.717) is 17.1 Å². The highest BCUT2D eigenvalue weighted by molar-refractivity contribution is 6.31. The van der Waals surface area contributed by atoms with E-state index in [1.165, 1.54) is 6.07 Å². The summed E-state index contributed by atoms with van der Waals surface area (Å²) >= 11 is 6.14. The van der Waals surface area contributed by atoms with Crippen LogP contribution in [0, 0.1) is 11.2 Å². The van der Waals surface area contributed by atoms with Gasteiger partial charge in [-0.05, 0) is 31.5 Å². The van der Waals surface area contributed by atoms with Crippen LogP contribution in [0.5, 0.6) is 0 Å². The fraction of sp³-hybridized carbons (Fsp3) is 0.600. The molecule has 0 aliphatic rings. The van der Waals surface area contributed by atoms with Gasteiger partial charge in [-0.25, -0.2) is 4.39 Å². The Bertz CT molecular complexity index is 408. The van der Waals surface area contributed by atoms with Gasteiger partial charge >= 0.3 is 0 Å². The highest BCUT2D eigenvalue weighted by atomic mass is 35.5. The van der Waals surface area contributed by atoms with E-state index in [4.69, 9.17) is 17.3 Å². The molecule has 0 fully saturated rings. The first-order valence-electron chi connectivity index (χ1n) is 6.56. The third-order valence-electron chi connectivity index (χ3n) is 3.91. The Balaban J connectivity index is 3.14. The minimum Gasteiger partial charge on any atom is -0.329 e. The number of nitrogens with zero attached hydrogens (tertiary/aromatic N) is 1. The van der Waals surface area contributed by atoms with Crippen LogP contribution in [0.4, 0.5) is 4.39 Å². The normalized spacial score (nSPS) is 15.6. The van der Waals surface area contributed by atoms with Crippen molar-refractivity contribution in [1.29, 1.82) is 0 Å². The lowest BCUT2D eigenvalue weighted by molar-refractivity contribution is 0.0985. The molecule has 2 atom stereocenters. The van der Waals surface area contributed by atoms with Crippen LogP contribution < -0.4 is 5.73 Å². The molecule has 1 aromatic carbocycles. The van der Waals surface area contributed by atoms with Crippen LogP contribution in [0.15, 0.2) is 18.2 Å². The van der Waals surface area contributed by atoms with Gasteiger partial charge in [0.2, 0.25) is 0 Å². The van der Waals surface area contributed by atoms with Crippen molar-refractivity contribution in [3.8, 4) is 0 Å². The van der Waals surface area contributed by atoms with E-state index in [2.05, 4.69) is 32.6 Å². The largest absolute Gasteiger partial charge is 0.329 e. The maximum Gasteiger partial charge on any atom is 0.129 e. The molecule has 0 aromatic heterocycles. The van der Waals surface area contributed by atoms with Gasteiger partial charge in [-0.15, -0.1) is 0 Å². The lowest BCUT2D eigenvalue weighted by Crippen LogP contribution is -2.44. The smallest absolute Gasteiger partial charge is 0.129 e. The molecule has 0 saturated heterocycles. The average Bonchev–Trinajstić information content (AvgIpc) is 2.31. The predicted octanol–water partition coefficient (Wildman–Crippen LogP) is 3.85. The average molecular weight is 287 g/mol. The fourth-order valence-corrected chi connectivity index (χ4v) is 2.49. The van der Waals surface area contributed by atoms with E-state index in [-0.39, 0.29) is 23.3 Å². The third-order valence-corrected chi connectivity index (χ3v) is 4.24. The molecule has 4 heteroatoms. The zero-order valence-electron chi connectivity index (χ0n) is 12.4. The number of likely N-dealkylation sites (N-methyl/N-ethyl adjacent to an activating group) is 1. The standard InChI is InChI=1S/C15H24ClFN2/c1-10(15(2,3)4)19(5)13(9-18)14-11(16)7-6-8-12(14)17/h6-8,10,13H,9,18H2,1-5H3. The molecule has 1 rings (SSSR count). The molecule has 2 nitrogen and oxygen atoms in total. The number of benzene rings is 1. The van der Waals surface area contributed by atoms with Gasteiger partial charge in [0, 0.05) is 23.2 Å². The lowest BCUT2D eigenvalue weighted by Gasteiger charge is -2.40. The molecule has 108 valence electrons. The predicted molar refractivity (Wildman–Crippen MR) is 79.9 cm³/mol. The molecule has 0 spiro atoms. The molecular formula is C15H24ClFN2. The van der Waals surface area contributed by atoms with Crippen molar-refractivity contribution in [2.45, 2.75) is 39.8 Å². The second kappa shape index (κ2) is 6.21. The van der Waals surface area contributed by atoms with Gasteiger partial charge in [-0.1, -0.05) is 38.4 Å². The number of nitrogens with two attached hydrogens (primary N) is 1. The second-order valence-corrected chi connectivity index (χ2v) is 6.50. The molecular weight excluding hydrogens is 263 g/mol. The van der Waals surface area contributed by atoms with Crippen LogP contribution in [0.2, 0.25) is 5.02 Å². The van der Waals surface area contributed by atoms with Gasteiger partial charge in [0.1, 0.15) is 5.82 Å². The summed E-state index contributed by atoms with van der Waals surface area (Å²) in [6.45, 7) is 8.93. The summed E-state index contributed by atoms with van der Waals surface area (Å²) in [5, 5.41) is 0.434. The SMILES string of the molecule is CC(N(C)C(CN)c1c(F)cccc1Cl)C(C)(C)C. The van der Waals surface area contributed by atoms with E-state index >= 15 is 0 Å². The van der Waals surface area contributed by atoms with Crippen molar-refractivity contribution in [2.75, 3.05) is 13.6 Å². The number of hydrogen-bond acceptors (Lipinski definition) is 2. The molecule has 0 bridgehead atoms. The second-order valence-electron chi connectivity index (χ2n) is 6.09. The van der Waals surface area contributed by atoms with Gasteiger partial charge in [0.15, 0.2) is 0 Å². The molecule has 2 N–H and O–H groups in total. The van der Waals surface area contributed by atoms with Crippen LogP contribution in [0.1, 0.15) is 39.3 Å². The van der Waals surface area contributed by atoms with E-state index < -0.39 is 0 Å². The van der Waals surface area contributed by atoms with Crippen LogP contribution in [-0.2, 0) is 0 Å². The van der Waals surface area contributed by atoms with Crippen molar-refractivity contribution < 1.29 is 4.39 Å². The van der Waals surface area contributed by atoms with E-state index in [1.54, 1.807) is 12.1 Å². The fourth-order valence-electron chi connectivity index (χ4n) is 2.20. The molecule has 0 radical (unpaired) electrons. The molecule has 0 aliphatic carbocycles. The molecule has 0 saturated carbocycles. The summed E-state index contributed by atoms with van der Waals surface area (Å²) in [6.07, 6.45) is 0. The zero-order valence-corrected chi connectivity index (χ0v) is 13.1. The first-order chi connectivity index (χ1) is 8.70. The van der Waals surface area contributed by atoms with E-state index in [0.717, 1.165) is 0 Å². The number of hydrogen-bond donors (Lipinski definition) is 1. The quantitative estimate of drug-likeness (QED) is 0.911. The highest BCUT2D eigenvalue weighted by Gasteiger charge is 2.30. The van der Waals surface area contributed by atoms with Gasteiger partial charge in [-0.3, -0.25) is 4.90 Å². The Morgan fingerprint density at radius 3 is 2.37 bits per heavy atom. The van der Waals surface area contributed by atoms with E-state index in [1.807, 2.05) is 7.05 Å². The third kappa shape index (κ3) is 3.68. The highest BCUT2D eigenvalue weighted by Crippen LogP contribution is 2.33. The first-order valence-corrected chi connectivity index (χ1v) is 6.93. The first kappa shape index (κ1) is 16.4. The van der Waals surface area contributed by atoms with Gasteiger partial charge in [-0.2, -0.15) is 0 Å². The summed E-state index contributed by atoms with van der Waals surface area (Å²) in [6, 6.07) is 4.78. The zero-order chi connectivity index (χ0) is 14.8. The van der Waals surface area contributed by atoms with Crippen molar-refractivity contribution in [2.24, 2.45) is 11.1 Å². The Kier molecular flexibility index (Phi) is 5.36. The van der Waals surface area contributed by atoms with Gasteiger partial charge in [0.05, 0.1) is 6.04 Å². The topological polar surface area (TPSA) is 29.3 Å². The number of halogens is 2. The van der Waals surface area contributed by atoms with E-state index in [9.17, 15) is 4.39 Å². The van der Waals surface area contributed by atoms with Gasteiger partial charge < -0.3 is 5.73 Å². The Morgan fingerprint density at radius 2 is 1.95 bits per heavy atom. The summed E-state index contributed by atoms with van der Waals surface area (Å²) < 4.78 is 14.0. The summed E-state index contributed by atoms with van der Waals surface area (Å²) in [4.78, 5) is 2.10. The Labute approximate surface area is 120 Å². The number of rotatable bonds is 4. The molecule has 0 heterocycles. The maximum atomic E-state index is 14.0. The molecule has 0 amide bonds. The van der Waals surface area contributed by atoms with Crippen LogP contribution >= 0.6 is 11.6 Å².